The number of hydrogen-bond acceptors (Lipinski definition) is 3. The van der Waals surface area contributed by atoms with Crippen LogP contribution in [-0.4, -0.2) is 45.4 Å². The third-order valence-electron chi connectivity index (χ3n) is 3.49. The number of halogens is 4. The van der Waals surface area contributed by atoms with Gasteiger partial charge in [-0.1, -0.05) is 0 Å². The maximum atomic E-state index is 13.4. The summed E-state index contributed by atoms with van der Waals surface area (Å²) in [7, 11) is 0. The first kappa shape index (κ1) is 19.1. The minimum atomic E-state index is -2.69. The summed E-state index contributed by atoms with van der Waals surface area (Å²) < 4.78 is 34.2. The van der Waals surface area contributed by atoms with Crippen molar-refractivity contribution in [2.75, 3.05) is 6.54 Å². The second-order valence-corrected chi connectivity index (χ2v) is 7.91. The smallest absolute Gasteiger partial charge is 0.410 e. The number of carbonyl (C=O) groups excluding carboxylic acids is 1. The first-order chi connectivity index (χ1) is 11.0. The van der Waals surface area contributed by atoms with Crippen molar-refractivity contribution in [2.24, 2.45) is 0 Å². The van der Waals surface area contributed by atoms with Gasteiger partial charge in [-0.25, -0.2) is 18.4 Å². The molecule has 2 heterocycles. The Morgan fingerprint density at radius 3 is 2.54 bits per heavy atom. The van der Waals surface area contributed by atoms with E-state index in [1.165, 1.54) is 4.68 Å². The fourth-order valence-electron chi connectivity index (χ4n) is 2.50. The summed E-state index contributed by atoms with van der Waals surface area (Å²) in [6.45, 7) is 12.2. The first-order valence-corrected chi connectivity index (χ1v) is 8.72. The molecule has 0 N–H and O–H groups in total. The van der Waals surface area contributed by atoms with Gasteiger partial charge in [-0.05, 0) is 59.1 Å². The van der Waals surface area contributed by atoms with Crippen molar-refractivity contribution in [1.82, 2.24) is 14.7 Å². The van der Waals surface area contributed by atoms with Crippen molar-refractivity contribution in [1.29, 1.82) is 0 Å². The zero-order valence-electron chi connectivity index (χ0n) is 13.3. The molecule has 0 aromatic carbocycles. The molecule has 1 aliphatic heterocycles. The van der Waals surface area contributed by atoms with E-state index in [2.05, 4.69) is 41.8 Å². The zero-order chi connectivity index (χ0) is 18.2. The van der Waals surface area contributed by atoms with Crippen LogP contribution in [0.2, 0.25) is 0 Å². The highest BCUT2D eigenvalue weighted by Gasteiger charge is 2.44. The van der Waals surface area contributed by atoms with Crippen molar-refractivity contribution in [2.45, 2.75) is 51.3 Å². The molecule has 1 aromatic rings. The Labute approximate surface area is 155 Å². The predicted molar refractivity (Wildman–Crippen MR) is 90.3 cm³/mol. The molecule has 0 bridgehead atoms. The zero-order valence-corrected chi connectivity index (χ0v) is 16.4. The van der Waals surface area contributed by atoms with Crippen molar-refractivity contribution >= 4 is 43.6 Å². The van der Waals surface area contributed by atoms with Gasteiger partial charge in [0.1, 0.15) is 14.8 Å². The van der Waals surface area contributed by atoms with Gasteiger partial charge in [0.2, 0.25) is 0 Å². The Bertz CT molecular complexity index is 682. The number of hydrogen-bond donors (Lipinski definition) is 0. The summed E-state index contributed by atoms with van der Waals surface area (Å²) >= 11 is 6.44. The molecule has 2 rings (SSSR count). The fourth-order valence-corrected chi connectivity index (χ4v) is 3.86. The van der Waals surface area contributed by atoms with Crippen molar-refractivity contribution in [3.05, 3.63) is 20.6 Å². The lowest BCUT2D eigenvalue weighted by molar-refractivity contribution is -0.00233. The van der Waals surface area contributed by atoms with Crippen LogP contribution in [0.1, 0.15) is 33.2 Å². The summed E-state index contributed by atoms with van der Waals surface area (Å²) in [4.78, 5) is 16.6. The lowest BCUT2D eigenvalue weighted by atomic mass is 10.2. The van der Waals surface area contributed by atoms with E-state index in [1.807, 2.05) is 0 Å². The topological polar surface area (TPSA) is 51.7 Å². The molecule has 1 aliphatic rings. The molecule has 0 saturated carbocycles. The van der Waals surface area contributed by atoms with Gasteiger partial charge in [0.15, 0.2) is 0 Å². The predicted octanol–water partition coefficient (Wildman–Crippen LogP) is 4.77. The van der Waals surface area contributed by atoms with E-state index in [4.69, 9.17) is 11.3 Å². The third kappa shape index (κ3) is 3.88. The summed E-state index contributed by atoms with van der Waals surface area (Å²) in [5.41, 5.74) is -0.506. The molecule has 132 valence electrons. The van der Waals surface area contributed by atoms with Gasteiger partial charge in [0.25, 0.3) is 12.1 Å². The number of rotatable bonds is 2. The van der Waals surface area contributed by atoms with E-state index < -0.39 is 30.2 Å². The Morgan fingerprint density at radius 2 is 2.08 bits per heavy atom. The third-order valence-corrected chi connectivity index (χ3v) is 4.76. The maximum absolute atomic E-state index is 13.4. The fraction of sp³-hybridized carbons (Fsp3) is 0.643. The van der Waals surface area contributed by atoms with Crippen LogP contribution >= 0.6 is 31.9 Å². The van der Waals surface area contributed by atoms with Crippen molar-refractivity contribution in [3.63, 3.8) is 0 Å². The number of alkyl halides is 2. The molecule has 0 radical (unpaired) electrons. The lowest BCUT2D eigenvalue weighted by Gasteiger charge is -2.28. The molecule has 1 amide bonds. The van der Waals surface area contributed by atoms with E-state index in [-0.39, 0.29) is 18.7 Å². The number of carbonyl (C=O) groups is 1. The van der Waals surface area contributed by atoms with E-state index in [0.29, 0.717) is 9.21 Å². The number of likely N-dealkylation sites (tertiary alicyclic amines) is 1. The number of aromatic nitrogens is 2. The Balaban J connectivity index is 2.28. The minimum absolute atomic E-state index is 0.0288. The normalized spacial score (nSPS) is 21.2. The van der Waals surface area contributed by atoms with E-state index in [9.17, 15) is 13.6 Å². The SMILES string of the molecule is [C-]#[N+]c1c(Br)nn([C@H]2C[C@H](C(F)F)N(C(=O)OC(C)(C)C)C2)c1Br. The van der Waals surface area contributed by atoms with Gasteiger partial charge in [-0.15, -0.1) is 0 Å². The van der Waals surface area contributed by atoms with E-state index in [0.717, 1.165) is 4.90 Å². The van der Waals surface area contributed by atoms with Crippen LogP contribution in [0.4, 0.5) is 19.3 Å². The Kier molecular flexibility index (Phi) is 5.54. The molecule has 1 aromatic heterocycles. The Hall–Kier alpha value is -1.21. The molecule has 10 heteroatoms. The molecule has 0 spiro atoms. The second kappa shape index (κ2) is 6.96. The summed E-state index contributed by atoms with van der Waals surface area (Å²) in [6, 6.07) is -1.73. The first-order valence-electron chi connectivity index (χ1n) is 7.14. The van der Waals surface area contributed by atoms with Gasteiger partial charge in [-0.2, -0.15) is 5.10 Å². The standard InChI is InChI=1S/C14H16Br2F2N4O2/c1-14(2,3)24-13(23)21-6-7(5-8(21)12(17)18)22-11(16)9(19-4)10(15)20-22/h7-8,12H,5-6H2,1-3H3/t7-,8+/m0/s1. The van der Waals surface area contributed by atoms with Crippen LogP contribution in [0.15, 0.2) is 9.21 Å². The number of amides is 1. The van der Waals surface area contributed by atoms with Crippen LogP contribution in [0.5, 0.6) is 0 Å². The van der Waals surface area contributed by atoms with Gasteiger partial charge < -0.3 is 4.74 Å². The van der Waals surface area contributed by atoms with Gasteiger partial charge in [0.05, 0.1) is 18.7 Å². The molecule has 1 saturated heterocycles. The lowest BCUT2D eigenvalue weighted by Crippen LogP contribution is -2.42. The molecular formula is C14H16Br2F2N4O2. The number of nitrogens with zero attached hydrogens (tertiary/aromatic N) is 4. The van der Waals surface area contributed by atoms with Crippen LogP contribution in [-0.2, 0) is 4.74 Å². The highest BCUT2D eigenvalue weighted by Crippen LogP contribution is 2.39. The molecule has 0 aliphatic carbocycles. The molecule has 6 nitrogen and oxygen atoms in total. The summed E-state index contributed by atoms with van der Waals surface area (Å²) in [5, 5.41) is 4.17. The highest BCUT2D eigenvalue weighted by molar-refractivity contribution is 9.11. The minimum Gasteiger partial charge on any atom is -0.444 e. The van der Waals surface area contributed by atoms with Crippen molar-refractivity contribution < 1.29 is 18.3 Å². The van der Waals surface area contributed by atoms with Gasteiger partial charge >= 0.3 is 6.09 Å². The average molecular weight is 470 g/mol. The largest absolute Gasteiger partial charge is 0.444 e. The van der Waals surface area contributed by atoms with Crippen LogP contribution in [0, 0.1) is 6.57 Å². The monoisotopic (exact) mass is 468 g/mol. The average Bonchev–Trinajstić information content (AvgIpc) is 2.98. The van der Waals surface area contributed by atoms with Crippen LogP contribution in [0.3, 0.4) is 0 Å². The molecule has 1 fully saturated rings. The van der Waals surface area contributed by atoms with Crippen LogP contribution < -0.4 is 0 Å². The van der Waals surface area contributed by atoms with Crippen molar-refractivity contribution in [3.8, 4) is 0 Å². The summed E-state index contributed by atoms with van der Waals surface area (Å²) in [5.74, 6) is 0. The summed E-state index contributed by atoms with van der Waals surface area (Å²) in [6.07, 6.45) is -3.44. The van der Waals surface area contributed by atoms with Crippen LogP contribution in [0.25, 0.3) is 4.85 Å². The Morgan fingerprint density at radius 1 is 1.46 bits per heavy atom. The van der Waals surface area contributed by atoms with Gasteiger partial charge in [0, 0.05) is 6.54 Å². The molecule has 0 unspecified atom stereocenters. The van der Waals surface area contributed by atoms with Gasteiger partial charge in [-0.3, -0.25) is 9.58 Å². The highest BCUT2D eigenvalue weighted by atomic mass is 79.9. The quantitative estimate of drug-likeness (QED) is 0.586. The maximum Gasteiger partial charge on any atom is 0.410 e. The molecule has 24 heavy (non-hydrogen) atoms. The molecular weight excluding hydrogens is 454 g/mol. The second-order valence-electron chi connectivity index (χ2n) is 6.41. The molecule has 2 atom stereocenters. The number of ether oxygens (including phenoxy) is 1. The van der Waals surface area contributed by atoms with E-state index >= 15 is 0 Å². The van der Waals surface area contributed by atoms with E-state index in [1.54, 1.807) is 20.8 Å².